The van der Waals surface area contributed by atoms with E-state index in [4.69, 9.17) is 11.6 Å². The fourth-order valence-electron chi connectivity index (χ4n) is 1.23. The zero-order chi connectivity index (χ0) is 14.8. The molecule has 0 radical (unpaired) electrons. The molecule has 0 atom stereocenters. The maximum Gasteiger partial charge on any atom is 0.416 e. The van der Waals surface area contributed by atoms with Crippen LogP contribution in [-0.2, 0) is 11.0 Å². The van der Waals surface area contributed by atoms with E-state index in [1.165, 1.54) is 6.07 Å². The van der Waals surface area contributed by atoms with Gasteiger partial charge in [0.2, 0.25) is 5.91 Å². The second-order valence-electron chi connectivity index (χ2n) is 4.56. The quantitative estimate of drug-likeness (QED) is 0.898. The maximum absolute atomic E-state index is 12.6. The molecule has 0 spiro atoms. The van der Waals surface area contributed by atoms with Gasteiger partial charge in [-0.3, -0.25) is 4.79 Å². The van der Waals surface area contributed by atoms with Gasteiger partial charge in [0.25, 0.3) is 0 Å². The predicted molar refractivity (Wildman–Crippen MR) is 68.2 cm³/mol. The summed E-state index contributed by atoms with van der Waals surface area (Å²) in [5.41, 5.74) is -1.80. The van der Waals surface area contributed by atoms with Gasteiger partial charge >= 0.3 is 6.18 Å². The van der Waals surface area contributed by atoms with Gasteiger partial charge in [-0.05, 0) is 39.1 Å². The number of alkyl halides is 3. The highest BCUT2D eigenvalue weighted by Gasteiger charge is 2.32. The minimum atomic E-state index is -4.51. The smallest absolute Gasteiger partial charge is 0.324 e. The van der Waals surface area contributed by atoms with Crippen LogP contribution < -0.4 is 10.6 Å². The summed E-state index contributed by atoms with van der Waals surface area (Å²) < 4.78 is 37.8. The van der Waals surface area contributed by atoms with Crippen LogP contribution in [0.4, 0.5) is 18.9 Å². The van der Waals surface area contributed by atoms with E-state index >= 15 is 0 Å². The third-order valence-electron chi connectivity index (χ3n) is 2.68. The number of hydrogen-bond donors (Lipinski definition) is 2. The fraction of sp³-hybridized carbons (Fsp3) is 0.417. The normalized spacial score (nSPS) is 12.4. The van der Waals surface area contributed by atoms with Crippen molar-refractivity contribution in [3.8, 4) is 0 Å². The number of carbonyl (C=O) groups is 1. The number of anilines is 1. The number of amides is 1. The van der Waals surface area contributed by atoms with Crippen LogP contribution in [0.25, 0.3) is 0 Å². The molecule has 1 aromatic rings. The van der Waals surface area contributed by atoms with Crippen LogP contribution in [0.2, 0.25) is 5.02 Å². The summed E-state index contributed by atoms with van der Waals surface area (Å²) in [6, 6.07) is 2.91. The number of halogens is 4. The average molecular weight is 295 g/mol. The largest absolute Gasteiger partial charge is 0.416 e. The lowest BCUT2D eigenvalue weighted by Crippen LogP contribution is -2.47. The van der Waals surface area contributed by atoms with Gasteiger partial charge in [-0.2, -0.15) is 13.2 Å². The summed E-state index contributed by atoms with van der Waals surface area (Å²) in [5, 5.41) is 5.06. The van der Waals surface area contributed by atoms with Crippen LogP contribution in [0.3, 0.4) is 0 Å². The van der Waals surface area contributed by atoms with Gasteiger partial charge in [0.15, 0.2) is 0 Å². The summed E-state index contributed by atoms with van der Waals surface area (Å²) in [4.78, 5) is 11.8. The Morgan fingerprint density at radius 3 is 2.26 bits per heavy atom. The van der Waals surface area contributed by atoms with Crippen molar-refractivity contribution < 1.29 is 18.0 Å². The van der Waals surface area contributed by atoms with E-state index in [0.717, 1.165) is 12.1 Å². The van der Waals surface area contributed by atoms with Crippen molar-refractivity contribution >= 4 is 23.2 Å². The lowest BCUT2D eigenvalue weighted by atomic mass is 10.0. The molecule has 7 heteroatoms. The van der Waals surface area contributed by atoms with E-state index in [0.29, 0.717) is 0 Å². The van der Waals surface area contributed by atoms with Crippen LogP contribution in [0.15, 0.2) is 18.2 Å². The van der Waals surface area contributed by atoms with Crippen molar-refractivity contribution in [1.29, 1.82) is 0 Å². The Morgan fingerprint density at radius 1 is 1.21 bits per heavy atom. The lowest BCUT2D eigenvalue weighted by Gasteiger charge is -2.23. The molecule has 0 aliphatic carbocycles. The first-order chi connectivity index (χ1) is 8.56. The molecule has 1 aromatic carbocycles. The van der Waals surface area contributed by atoms with Gasteiger partial charge in [-0.25, -0.2) is 0 Å². The summed E-state index contributed by atoms with van der Waals surface area (Å²) in [6.07, 6.45) is -4.51. The van der Waals surface area contributed by atoms with Gasteiger partial charge in [0.1, 0.15) is 0 Å². The molecule has 0 aliphatic rings. The van der Waals surface area contributed by atoms with E-state index in [1.807, 2.05) is 0 Å². The molecule has 1 rings (SSSR count). The molecule has 2 N–H and O–H groups in total. The van der Waals surface area contributed by atoms with E-state index < -0.39 is 23.2 Å². The Kier molecular flexibility index (Phi) is 4.47. The SMILES string of the molecule is CNC(C)(C)C(=O)Nc1cc(Cl)cc(C(F)(F)F)c1. The minimum absolute atomic E-state index is 0.00755. The molecule has 0 bridgehead atoms. The monoisotopic (exact) mass is 294 g/mol. The molecule has 0 saturated carbocycles. The van der Waals surface area contributed by atoms with E-state index in [9.17, 15) is 18.0 Å². The van der Waals surface area contributed by atoms with Crippen molar-refractivity contribution in [2.45, 2.75) is 25.6 Å². The Bertz CT molecular complexity index is 486. The molecule has 0 fully saturated rings. The number of carbonyl (C=O) groups excluding carboxylic acids is 1. The van der Waals surface area contributed by atoms with Crippen LogP contribution in [-0.4, -0.2) is 18.5 Å². The minimum Gasteiger partial charge on any atom is -0.324 e. The molecule has 0 aliphatic heterocycles. The third-order valence-corrected chi connectivity index (χ3v) is 2.89. The first-order valence-electron chi connectivity index (χ1n) is 5.44. The zero-order valence-corrected chi connectivity index (χ0v) is 11.4. The number of rotatable bonds is 3. The second-order valence-corrected chi connectivity index (χ2v) is 4.99. The summed E-state index contributed by atoms with van der Waals surface area (Å²) in [5.74, 6) is -0.453. The molecule has 0 aromatic heterocycles. The highest BCUT2D eigenvalue weighted by atomic mass is 35.5. The van der Waals surface area contributed by atoms with Crippen LogP contribution in [0.1, 0.15) is 19.4 Å². The summed E-state index contributed by atoms with van der Waals surface area (Å²) in [7, 11) is 1.58. The number of nitrogens with one attached hydrogen (secondary N) is 2. The Balaban J connectivity index is 3.03. The second kappa shape index (κ2) is 5.38. The average Bonchev–Trinajstić information content (AvgIpc) is 2.27. The highest BCUT2D eigenvalue weighted by Crippen LogP contribution is 2.33. The van der Waals surface area contributed by atoms with Crippen molar-refractivity contribution in [3.63, 3.8) is 0 Å². The van der Waals surface area contributed by atoms with E-state index in [2.05, 4.69) is 10.6 Å². The number of likely N-dealkylation sites (N-methyl/N-ethyl adjacent to an activating group) is 1. The topological polar surface area (TPSA) is 41.1 Å². The molecule has 106 valence electrons. The molecular formula is C12H14ClF3N2O. The van der Waals surface area contributed by atoms with Crippen LogP contribution in [0, 0.1) is 0 Å². The molecule has 0 saturated heterocycles. The van der Waals surface area contributed by atoms with Gasteiger partial charge in [0.05, 0.1) is 11.1 Å². The van der Waals surface area contributed by atoms with Crippen molar-refractivity contribution in [2.75, 3.05) is 12.4 Å². The Hall–Kier alpha value is -1.27. The Labute approximate surface area is 114 Å². The molecule has 19 heavy (non-hydrogen) atoms. The summed E-state index contributed by atoms with van der Waals surface area (Å²) >= 11 is 5.62. The standard InChI is InChI=1S/C12H14ClF3N2O/c1-11(2,17-3)10(19)18-9-5-7(12(14,15)16)4-8(13)6-9/h4-6,17H,1-3H3,(H,18,19). The van der Waals surface area contributed by atoms with Crippen molar-refractivity contribution in [3.05, 3.63) is 28.8 Å². The highest BCUT2D eigenvalue weighted by molar-refractivity contribution is 6.31. The van der Waals surface area contributed by atoms with Gasteiger partial charge in [0, 0.05) is 10.7 Å². The van der Waals surface area contributed by atoms with E-state index in [1.54, 1.807) is 20.9 Å². The maximum atomic E-state index is 12.6. The fourth-order valence-corrected chi connectivity index (χ4v) is 1.46. The third kappa shape index (κ3) is 4.11. The first-order valence-corrected chi connectivity index (χ1v) is 5.82. The molecular weight excluding hydrogens is 281 g/mol. The number of hydrogen-bond acceptors (Lipinski definition) is 2. The van der Waals surface area contributed by atoms with Crippen molar-refractivity contribution in [1.82, 2.24) is 5.32 Å². The van der Waals surface area contributed by atoms with Crippen LogP contribution in [0.5, 0.6) is 0 Å². The molecule has 0 heterocycles. The molecule has 0 unspecified atom stereocenters. The number of benzene rings is 1. The van der Waals surface area contributed by atoms with Crippen molar-refractivity contribution in [2.24, 2.45) is 0 Å². The van der Waals surface area contributed by atoms with Gasteiger partial charge < -0.3 is 10.6 Å². The van der Waals surface area contributed by atoms with Gasteiger partial charge in [-0.1, -0.05) is 11.6 Å². The predicted octanol–water partition coefficient (Wildman–Crippen LogP) is 3.30. The van der Waals surface area contributed by atoms with E-state index in [-0.39, 0.29) is 10.7 Å². The zero-order valence-electron chi connectivity index (χ0n) is 10.7. The first kappa shape index (κ1) is 15.8. The van der Waals surface area contributed by atoms with Crippen LogP contribution >= 0.6 is 11.6 Å². The molecule has 3 nitrogen and oxygen atoms in total. The Morgan fingerprint density at radius 2 is 1.79 bits per heavy atom. The van der Waals surface area contributed by atoms with Gasteiger partial charge in [-0.15, -0.1) is 0 Å². The molecule has 1 amide bonds. The summed E-state index contributed by atoms with van der Waals surface area (Å²) in [6.45, 7) is 3.22. The lowest BCUT2D eigenvalue weighted by molar-refractivity contribution is -0.137.